The highest BCUT2D eigenvalue weighted by molar-refractivity contribution is 7.91. The van der Waals surface area contributed by atoms with Gasteiger partial charge in [0.15, 0.2) is 0 Å². The summed E-state index contributed by atoms with van der Waals surface area (Å²) in [6.45, 7) is 5.70. The van der Waals surface area contributed by atoms with E-state index >= 15 is 0 Å². The zero-order valence-electron chi connectivity index (χ0n) is 10.8. The van der Waals surface area contributed by atoms with Gasteiger partial charge < -0.3 is 5.73 Å². The van der Waals surface area contributed by atoms with Crippen LogP contribution >= 0.6 is 11.3 Å². The van der Waals surface area contributed by atoms with Crippen molar-refractivity contribution in [2.45, 2.75) is 37.4 Å². The number of nitrogens with two attached hydrogens (primary N) is 1. The van der Waals surface area contributed by atoms with E-state index in [1.807, 2.05) is 6.92 Å². The number of hydrogen-bond donors (Lipinski definition) is 1. The summed E-state index contributed by atoms with van der Waals surface area (Å²) in [5, 5.41) is 0. The average molecular weight is 288 g/mol. The van der Waals surface area contributed by atoms with E-state index in [1.54, 1.807) is 10.4 Å². The molecule has 1 atom stereocenters. The van der Waals surface area contributed by atoms with E-state index in [1.165, 1.54) is 11.3 Å². The van der Waals surface area contributed by atoms with Gasteiger partial charge in [0, 0.05) is 24.5 Å². The first-order chi connectivity index (χ1) is 8.45. The first kappa shape index (κ1) is 14.0. The molecule has 1 fully saturated rings. The van der Waals surface area contributed by atoms with Crippen LogP contribution in [0.15, 0.2) is 10.3 Å². The maximum Gasteiger partial charge on any atom is 0.252 e. The van der Waals surface area contributed by atoms with Crippen molar-refractivity contribution in [3.05, 3.63) is 16.5 Å². The normalized spacial score (nSPS) is 22.3. The van der Waals surface area contributed by atoms with Gasteiger partial charge >= 0.3 is 0 Å². The van der Waals surface area contributed by atoms with Crippen LogP contribution in [0.4, 0.5) is 0 Å². The molecule has 2 rings (SSSR count). The predicted octanol–water partition coefficient (Wildman–Crippen LogP) is 1.94. The maximum absolute atomic E-state index is 12.5. The van der Waals surface area contributed by atoms with Crippen LogP contribution in [-0.2, 0) is 16.6 Å². The minimum Gasteiger partial charge on any atom is -0.326 e. The molecule has 0 aromatic carbocycles. The van der Waals surface area contributed by atoms with Crippen LogP contribution in [0.3, 0.4) is 0 Å². The molecule has 0 radical (unpaired) electrons. The van der Waals surface area contributed by atoms with Crippen LogP contribution in [0, 0.1) is 12.8 Å². The molecule has 0 bridgehead atoms. The summed E-state index contributed by atoms with van der Waals surface area (Å²) in [5.74, 6) is 0.448. The van der Waals surface area contributed by atoms with E-state index in [9.17, 15) is 8.42 Å². The summed E-state index contributed by atoms with van der Waals surface area (Å²) < 4.78 is 27.1. The van der Waals surface area contributed by atoms with Crippen molar-refractivity contribution in [3.63, 3.8) is 0 Å². The minimum absolute atomic E-state index is 0.405. The van der Waals surface area contributed by atoms with Crippen molar-refractivity contribution in [3.8, 4) is 0 Å². The van der Waals surface area contributed by atoms with Gasteiger partial charge in [0.05, 0.1) is 0 Å². The molecule has 18 heavy (non-hydrogen) atoms. The van der Waals surface area contributed by atoms with E-state index < -0.39 is 10.0 Å². The van der Waals surface area contributed by atoms with E-state index in [0.717, 1.165) is 23.3 Å². The second-order valence-electron chi connectivity index (χ2n) is 4.99. The summed E-state index contributed by atoms with van der Waals surface area (Å²) in [7, 11) is -3.31. The lowest BCUT2D eigenvalue weighted by Gasteiger charge is -2.29. The fraction of sp³-hybridized carbons (Fsp3) is 0.667. The maximum atomic E-state index is 12.5. The van der Waals surface area contributed by atoms with Gasteiger partial charge in [-0.05, 0) is 37.3 Å². The Morgan fingerprint density at radius 2 is 2.28 bits per heavy atom. The molecule has 0 saturated carbocycles. The molecule has 2 N–H and O–H groups in total. The molecule has 1 saturated heterocycles. The second-order valence-corrected chi connectivity index (χ2v) is 8.29. The molecule has 6 heteroatoms. The third-order valence-electron chi connectivity index (χ3n) is 3.40. The Balaban J connectivity index is 2.29. The second kappa shape index (κ2) is 5.28. The predicted molar refractivity (Wildman–Crippen MR) is 74.1 cm³/mol. The largest absolute Gasteiger partial charge is 0.326 e. The fourth-order valence-corrected chi connectivity index (χ4v) is 5.53. The zero-order chi connectivity index (χ0) is 13.3. The lowest BCUT2D eigenvalue weighted by molar-refractivity contribution is 0.281. The molecule has 1 aromatic heterocycles. The SMILES string of the molecule is Cc1cc(S(=O)(=O)N2CCCC(C)C2)sc1CN. The third-order valence-corrected chi connectivity index (χ3v) is 6.97. The van der Waals surface area contributed by atoms with Crippen LogP contribution in [0.25, 0.3) is 0 Å². The minimum atomic E-state index is -3.31. The zero-order valence-corrected chi connectivity index (χ0v) is 12.5. The number of thiophene rings is 1. The molecule has 1 aliphatic heterocycles. The van der Waals surface area contributed by atoms with E-state index in [2.05, 4.69) is 6.92 Å². The number of hydrogen-bond acceptors (Lipinski definition) is 4. The van der Waals surface area contributed by atoms with Gasteiger partial charge in [0.1, 0.15) is 4.21 Å². The highest BCUT2D eigenvalue weighted by Crippen LogP contribution is 2.30. The highest BCUT2D eigenvalue weighted by atomic mass is 32.2. The van der Waals surface area contributed by atoms with Gasteiger partial charge in [0.2, 0.25) is 0 Å². The fourth-order valence-electron chi connectivity index (χ4n) is 2.31. The Kier molecular flexibility index (Phi) is 4.11. The van der Waals surface area contributed by atoms with E-state index in [0.29, 0.717) is 29.8 Å². The summed E-state index contributed by atoms with van der Waals surface area (Å²) >= 11 is 1.31. The lowest BCUT2D eigenvalue weighted by atomic mass is 10.0. The summed E-state index contributed by atoms with van der Waals surface area (Å²) in [6, 6.07) is 1.75. The van der Waals surface area contributed by atoms with Crippen molar-refractivity contribution >= 4 is 21.4 Å². The Morgan fingerprint density at radius 3 is 2.83 bits per heavy atom. The van der Waals surface area contributed by atoms with Crippen molar-refractivity contribution in [1.29, 1.82) is 0 Å². The first-order valence-corrected chi connectivity index (χ1v) is 8.50. The highest BCUT2D eigenvalue weighted by Gasteiger charge is 2.30. The van der Waals surface area contributed by atoms with Crippen molar-refractivity contribution in [1.82, 2.24) is 4.31 Å². The quantitative estimate of drug-likeness (QED) is 0.924. The Labute approximate surface area is 113 Å². The smallest absolute Gasteiger partial charge is 0.252 e. The van der Waals surface area contributed by atoms with E-state index in [-0.39, 0.29) is 0 Å². The molecule has 1 aliphatic rings. The molecule has 1 unspecified atom stereocenters. The molecular weight excluding hydrogens is 268 g/mol. The van der Waals surface area contributed by atoms with Gasteiger partial charge in [-0.25, -0.2) is 8.42 Å². The van der Waals surface area contributed by atoms with Gasteiger partial charge in [-0.1, -0.05) is 6.92 Å². The standard InChI is InChI=1S/C12H20N2O2S2/c1-9-4-3-5-14(8-9)18(15,16)12-6-10(2)11(7-13)17-12/h6,9H,3-5,7-8,13H2,1-2H3. The van der Waals surface area contributed by atoms with Crippen molar-refractivity contribution in [2.24, 2.45) is 11.7 Å². The van der Waals surface area contributed by atoms with Crippen LogP contribution in [0.5, 0.6) is 0 Å². The van der Waals surface area contributed by atoms with E-state index in [4.69, 9.17) is 5.73 Å². The molecular formula is C12H20N2O2S2. The van der Waals surface area contributed by atoms with Crippen LogP contribution in [0.1, 0.15) is 30.2 Å². The van der Waals surface area contributed by atoms with Gasteiger partial charge in [-0.15, -0.1) is 11.3 Å². The average Bonchev–Trinajstić information content (AvgIpc) is 2.71. The number of nitrogens with zero attached hydrogens (tertiary/aromatic N) is 1. The molecule has 4 nitrogen and oxygen atoms in total. The Bertz CT molecular complexity index is 522. The molecule has 0 amide bonds. The van der Waals surface area contributed by atoms with Gasteiger partial charge in [-0.2, -0.15) is 4.31 Å². The summed E-state index contributed by atoms with van der Waals surface area (Å²) in [4.78, 5) is 0.957. The molecule has 1 aromatic rings. The summed E-state index contributed by atoms with van der Waals surface area (Å²) in [5.41, 5.74) is 6.59. The molecule has 102 valence electrons. The Morgan fingerprint density at radius 1 is 1.56 bits per heavy atom. The third kappa shape index (κ3) is 2.61. The van der Waals surface area contributed by atoms with Crippen LogP contribution in [-0.4, -0.2) is 25.8 Å². The number of rotatable bonds is 3. The molecule has 0 spiro atoms. The van der Waals surface area contributed by atoms with Crippen LogP contribution in [0.2, 0.25) is 0 Å². The van der Waals surface area contributed by atoms with Crippen molar-refractivity contribution < 1.29 is 8.42 Å². The lowest BCUT2D eigenvalue weighted by Crippen LogP contribution is -2.38. The first-order valence-electron chi connectivity index (χ1n) is 6.24. The topological polar surface area (TPSA) is 63.4 Å². The van der Waals surface area contributed by atoms with Gasteiger partial charge in [-0.3, -0.25) is 0 Å². The van der Waals surface area contributed by atoms with Gasteiger partial charge in [0.25, 0.3) is 10.0 Å². The molecule has 2 heterocycles. The summed E-state index contributed by atoms with van der Waals surface area (Å²) in [6.07, 6.45) is 2.07. The number of piperidine rings is 1. The Hall–Kier alpha value is -0.430. The molecule has 0 aliphatic carbocycles. The van der Waals surface area contributed by atoms with Crippen molar-refractivity contribution in [2.75, 3.05) is 13.1 Å². The number of aryl methyl sites for hydroxylation is 1. The number of sulfonamides is 1. The van der Waals surface area contributed by atoms with Crippen LogP contribution < -0.4 is 5.73 Å². The monoisotopic (exact) mass is 288 g/mol.